The zero-order chi connectivity index (χ0) is 17.5. The largest absolute Gasteiger partial charge is 0.454 e. The van der Waals surface area contributed by atoms with Crippen molar-refractivity contribution in [2.45, 2.75) is 6.42 Å². The van der Waals surface area contributed by atoms with Gasteiger partial charge >= 0.3 is 0 Å². The van der Waals surface area contributed by atoms with Gasteiger partial charge in [-0.2, -0.15) is 0 Å². The van der Waals surface area contributed by atoms with Gasteiger partial charge < -0.3 is 9.47 Å². The highest BCUT2D eigenvalue weighted by atomic mass is 16.7. The molecule has 0 saturated heterocycles. The molecular formula is C20H20N2O3. The van der Waals surface area contributed by atoms with Crippen LogP contribution in [0.4, 0.5) is 0 Å². The van der Waals surface area contributed by atoms with Crippen LogP contribution in [0.25, 0.3) is 6.08 Å². The van der Waals surface area contributed by atoms with Gasteiger partial charge in [-0.15, -0.1) is 0 Å². The normalized spacial score (nSPS) is 15.6. The van der Waals surface area contributed by atoms with E-state index < -0.39 is 0 Å². The molecule has 0 amide bonds. The smallest absolute Gasteiger partial charge is 0.231 e. The van der Waals surface area contributed by atoms with Crippen molar-refractivity contribution >= 4 is 11.9 Å². The van der Waals surface area contributed by atoms with Gasteiger partial charge in [0.1, 0.15) is 0 Å². The number of rotatable bonds is 4. The molecule has 0 fully saturated rings. The van der Waals surface area contributed by atoms with Crippen LogP contribution >= 0.6 is 0 Å². The Morgan fingerprint density at radius 3 is 2.52 bits per heavy atom. The van der Waals surface area contributed by atoms with Crippen molar-refractivity contribution < 1.29 is 14.3 Å². The van der Waals surface area contributed by atoms with Crippen molar-refractivity contribution in [2.75, 3.05) is 13.3 Å². The molecule has 5 heteroatoms. The molecule has 0 spiro atoms. The van der Waals surface area contributed by atoms with E-state index in [4.69, 9.17) is 15.3 Å². The van der Waals surface area contributed by atoms with Crippen LogP contribution in [-0.2, 0) is 11.2 Å². The summed E-state index contributed by atoms with van der Waals surface area (Å²) in [7, 11) is 0. The fourth-order valence-corrected chi connectivity index (χ4v) is 2.41. The van der Waals surface area contributed by atoms with Crippen molar-refractivity contribution in [1.29, 1.82) is 0 Å². The number of benzene rings is 2. The Labute approximate surface area is 146 Å². The van der Waals surface area contributed by atoms with Gasteiger partial charge in [-0.1, -0.05) is 36.4 Å². The minimum atomic E-state index is 0.0765. The van der Waals surface area contributed by atoms with Crippen LogP contribution in [0.15, 0.2) is 66.3 Å². The molecule has 1 aliphatic heterocycles. The van der Waals surface area contributed by atoms with Gasteiger partial charge in [-0.25, -0.2) is 0 Å². The second-order valence-corrected chi connectivity index (χ2v) is 5.60. The zero-order valence-corrected chi connectivity index (χ0v) is 13.8. The van der Waals surface area contributed by atoms with Gasteiger partial charge in [-0.05, 0) is 47.9 Å². The first-order valence-corrected chi connectivity index (χ1v) is 8.07. The van der Waals surface area contributed by atoms with Crippen molar-refractivity contribution in [3.8, 4) is 11.5 Å². The second kappa shape index (κ2) is 8.28. The summed E-state index contributed by atoms with van der Waals surface area (Å²) in [5.41, 5.74) is 5.62. The molecular weight excluding hydrogens is 316 g/mol. The lowest BCUT2D eigenvalue weighted by molar-refractivity contribution is -0.111. The van der Waals surface area contributed by atoms with E-state index in [1.807, 2.05) is 42.5 Å². The van der Waals surface area contributed by atoms with Crippen LogP contribution in [0.1, 0.15) is 11.1 Å². The van der Waals surface area contributed by atoms with Crippen LogP contribution in [0.2, 0.25) is 0 Å². The van der Waals surface area contributed by atoms with E-state index in [-0.39, 0.29) is 12.6 Å². The highest BCUT2D eigenvalue weighted by molar-refractivity contribution is 6.16. The summed E-state index contributed by atoms with van der Waals surface area (Å²) in [6.07, 6.45) is 6.19. The molecule has 2 aromatic carbocycles. The van der Waals surface area contributed by atoms with Gasteiger partial charge in [-0.3, -0.25) is 16.1 Å². The fraction of sp³-hybridized carbons (Fsp3) is 0.150. The third-order valence-electron chi connectivity index (χ3n) is 3.82. The van der Waals surface area contributed by atoms with Crippen molar-refractivity contribution in [3.63, 3.8) is 0 Å². The van der Waals surface area contributed by atoms with Gasteiger partial charge in [0, 0.05) is 12.1 Å². The number of hydrazine groups is 1. The van der Waals surface area contributed by atoms with E-state index in [9.17, 15) is 4.79 Å². The first-order valence-electron chi connectivity index (χ1n) is 8.07. The second-order valence-electron chi connectivity index (χ2n) is 5.60. The van der Waals surface area contributed by atoms with Crippen LogP contribution in [0.5, 0.6) is 11.5 Å². The SMILES string of the molecule is NNCCc1ccccc1.O=C1C=CC1=Cc1ccc2c(c1)OCO2. The van der Waals surface area contributed by atoms with Crippen LogP contribution < -0.4 is 20.7 Å². The molecule has 0 unspecified atom stereocenters. The molecule has 0 bridgehead atoms. The van der Waals surface area contributed by atoms with Crippen molar-refractivity contribution in [1.82, 2.24) is 5.43 Å². The predicted molar refractivity (Wildman–Crippen MR) is 97.0 cm³/mol. The Morgan fingerprint density at radius 1 is 1.04 bits per heavy atom. The molecule has 0 atom stereocenters. The van der Waals surface area contributed by atoms with Crippen LogP contribution in [-0.4, -0.2) is 19.1 Å². The number of allylic oxidation sites excluding steroid dienone is 3. The third-order valence-corrected chi connectivity index (χ3v) is 3.82. The minimum absolute atomic E-state index is 0.0765. The van der Waals surface area contributed by atoms with E-state index in [0.717, 1.165) is 35.6 Å². The zero-order valence-electron chi connectivity index (χ0n) is 13.8. The summed E-state index contributed by atoms with van der Waals surface area (Å²) in [5.74, 6) is 6.70. The van der Waals surface area contributed by atoms with E-state index in [0.29, 0.717) is 0 Å². The molecule has 1 heterocycles. The summed E-state index contributed by atoms with van der Waals surface area (Å²) in [4.78, 5) is 11.1. The van der Waals surface area contributed by atoms with Crippen LogP contribution in [0, 0.1) is 0 Å². The maximum absolute atomic E-state index is 11.1. The molecule has 25 heavy (non-hydrogen) atoms. The predicted octanol–water partition coefficient (Wildman–Crippen LogP) is 2.63. The van der Waals surface area contributed by atoms with Gasteiger partial charge in [0.2, 0.25) is 6.79 Å². The standard InChI is InChI=1S/C12H8O3.C8H12N2/c13-10-3-2-9(10)5-8-1-4-11-12(6-8)15-7-14-11;9-10-7-6-8-4-2-1-3-5-8/h1-6H,7H2;1-5,10H,6-7,9H2. The Balaban J connectivity index is 0.000000160. The summed E-state index contributed by atoms with van der Waals surface area (Å²) in [6, 6.07) is 15.9. The number of ketones is 1. The van der Waals surface area contributed by atoms with Crippen LogP contribution in [0.3, 0.4) is 0 Å². The summed E-state index contributed by atoms with van der Waals surface area (Å²) in [5, 5.41) is 0. The highest BCUT2D eigenvalue weighted by Gasteiger charge is 2.15. The number of carbonyl (C=O) groups is 1. The summed E-state index contributed by atoms with van der Waals surface area (Å²) in [6.45, 7) is 1.11. The molecule has 0 radical (unpaired) electrons. The van der Waals surface area contributed by atoms with E-state index in [1.165, 1.54) is 5.56 Å². The Kier molecular flexibility index (Phi) is 5.61. The fourth-order valence-electron chi connectivity index (χ4n) is 2.41. The molecule has 5 nitrogen and oxygen atoms in total. The number of hydrogen-bond donors (Lipinski definition) is 2. The molecule has 0 saturated carbocycles. The number of nitrogens with one attached hydrogen (secondary N) is 1. The van der Waals surface area contributed by atoms with Gasteiger partial charge in [0.05, 0.1) is 0 Å². The quantitative estimate of drug-likeness (QED) is 0.510. The number of ether oxygens (including phenoxy) is 2. The third kappa shape index (κ3) is 4.56. The molecule has 1 aliphatic carbocycles. The van der Waals surface area contributed by atoms with Crippen molar-refractivity contribution in [2.24, 2.45) is 5.84 Å². The van der Waals surface area contributed by atoms with E-state index in [2.05, 4.69) is 17.6 Å². The molecule has 128 valence electrons. The Hall–Kier alpha value is -2.89. The van der Waals surface area contributed by atoms with E-state index >= 15 is 0 Å². The van der Waals surface area contributed by atoms with Crippen molar-refractivity contribution in [3.05, 3.63) is 77.4 Å². The summed E-state index contributed by atoms with van der Waals surface area (Å²) < 4.78 is 10.4. The molecule has 2 aliphatic rings. The number of fused-ring (bicyclic) bond motifs is 1. The maximum atomic E-state index is 11.1. The number of hydrogen-bond acceptors (Lipinski definition) is 5. The molecule has 2 aromatic rings. The number of carbonyl (C=O) groups excluding carboxylic acids is 1. The summed E-state index contributed by atoms with van der Waals surface area (Å²) >= 11 is 0. The average molecular weight is 336 g/mol. The topological polar surface area (TPSA) is 73.6 Å². The lowest BCUT2D eigenvalue weighted by atomic mass is 9.98. The molecule has 4 rings (SSSR count). The first kappa shape index (κ1) is 17.0. The first-order chi connectivity index (χ1) is 12.3. The monoisotopic (exact) mass is 336 g/mol. The average Bonchev–Trinajstić information content (AvgIpc) is 3.12. The highest BCUT2D eigenvalue weighted by Crippen LogP contribution is 2.33. The van der Waals surface area contributed by atoms with E-state index in [1.54, 1.807) is 12.2 Å². The number of nitrogens with two attached hydrogens (primary N) is 1. The maximum Gasteiger partial charge on any atom is 0.231 e. The molecule has 0 aromatic heterocycles. The van der Waals surface area contributed by atoms with Gasteiger partial charge in [0.25, 0.3) is 0 Å². The minimum Gasteiger partial charge on any atom is -0.454 e. The Bertz CT molecular complexity index is 798. The van der Waals surface area contributed by atoms with Gasteiger partial charge in [0.15, 0.2) is 17.3 Å². The lowest BCUT2D eigenvalue weighted by Crippen LogP contribution is -2.24. The lowest BCUT2D eigenvalue weighted by Gasteiger charge is -2.05. The Morgan fingerprint density at radius 2 is 1.84 bits per heavy atom. The molecule has 3 N–H and O–H groups in total.